The third-order valence-electron chi connectivity index (χ3n) is 4.60. The summed E-state index contributed by atoms with van der Waals surface area (Å²) < 4.78 is 16.0. The zero-order valence-electron chi connectivity index (χ0n) is 15.7. The van der Waals surface area contributed by atoms with Crippen LogP contribution in [-0.4, -0.2) is 37.2 Å². The number of carbonyl (C=O) groups is 2. The molecule has 4 rings (SSSR count). The topological polar surface area (TPSA) is 86.8 Å². The molecule has 1 N–H and O–H groups in total. The molecular weight excluding hydrogens is 392 g/mol. The molecule has 1 amide bonds. The third kappa shape index (κ3) is 3.79. The van der Waals surface area contributed by atoms with Crippen molar-refractivity contribution in [1.82, 2.24) is 4.98 Å². The summed E-state index contributed by atoms with van der Waals surface area (Å²) in [5.41, 5.74) is 1.39. The number of hydrogen-bond donors (Lipinski definition) is 1. The maximum Gasteiger partial charge on any atom is 0.344 e. The van der Waals surface area contributed by atoms with Crippen molar-refractivity contribution in [3.63, 3.8) is 0 Å². The normalized spacial score (nSPS) is 19.8. The SMILES string of the molecule is COc1ccc(-c2csc(NC(=O)C3=C[C@H]4C=CC=C[C@@H]4OC3=O)n2)c(OC)c1. The van der Waals surface area contributed by atoms with Gasteiger partial charge in [0.25, 0.3) is 5.91 Å². The predicted octanol–water partition coefficient (Wildman–Crippen LogP) is 3.36. The van der Waals surface area contributed by atoms with Gasteiger partial charge >= 0.3 is 5.97 Å². The highest BCUT2D eigenvalue weighted by molar-refractivity contribution is 7.14. The molecule has 0 radical (unpaired) electrons. The molecule has 1 aliphatic heterocycles. The van der Waals surface area contributed by atoms with Crippen LogP contribution in [-0.2, 0) is 14.3 Å². The summed E-state index contributed by atoms with van der Waals surface area (Å²) in [5.74, 6) is -0.0542. The molecule has 0 spiro atoms. The first-order valence-corrected chi connectivity index (χ1v) is 9.74. The van der Waals surface area contributed by atoms with Crippen molar-refractivity contribution >= 4 is 28.3 Å². The fraction of sp³-hybridized carbons (Fsp3) is 0.190. The van der Waals surface area contributed by atoms with Gasteiger partial charge in [-0.1, -0.05) is 24.3 Å². The molecule has 0 unspecified atom stereocenters. The van der Waals surface area contributed by atoms with Crippen LogP contribution in [0.4, 0.5) is 5.13 Å². The van der Waals surface area contributed by atoms with E-state index in [-0.39, 0.29) is 17.6 Å². The van der Waals surface area contributed by atoms with Crippen molar-refractivity contribution in [3.05, 3.63) is 59.5 Å². The Balaban J connectivity index is 1.53. The number of thiazole rings is 1. The molecule has 2 aromatic rings. The average molecular weight is 410 g/mol. The number of aromatic nitrogens is 1. The molecular formula is C21H18N2O5S. The molecule has 2 heterocycles. The standard InChI is InChI=1S/C21H18N2O5S/c1-26-13-7-8-14(18(10-13)27-2)16-11-29-21(22-16)23-19(24)15-9-12-5-3-4-6-17(12)28-20(15)25/h3-12,17H,1-2H3,(H,22,23,24)/t12-,17+/m1/s1. The number of amides is 1. The molecule has 2 aliphatic rings. The molecule has 148 valence electrons. The van der Waals surface area contributed by atoms with E-state index < -0.39 is 11.9 Å². The minimum Gasteiger partial charge on any atom is -0.497 e. The number of ether oxygens (including phenoxy) is 3. The second-order valence-electron chi connectivity index (χ2n) is 6.36. The Hall–Kier alpha value is -3.39. The number of hydrogen-bond acceptors (Lipinski definition) is 7. The van der Waals surface area contributed by atoms with E-state index in [2.05, 4.69) is 10.3 Å². The van der Waals surface area contributed by atoms with E-state index in [1.807, 2.05) is 24.3 Å². The number of anilines is 1. The monoisotopic (exact) mass is 410 g/mol. The van der Waals surface area contributed by atoms with Gasteiger partial charge in [0.1, 0.15) is 23.2 Å². The maximum absolute atomic E-state index is 12.6. The Morgan fingerprint density at radius 1 is 1.21 bits per heavy atom. The van der Waals surface area contributed by atoms with Crippen molar-refractivity contribution in [1.29, 1.82) is 0 Å². The third-order valence-corrected chi connectivity index (χ3v) is 5.36. The number of nitrogens with zero attached hydrogens (tertiary/aromatic N) is 1. The van der Waals surface area contributed by atoms with Gasteiger partial charge in [0.15, 0.2) is 5.13 Å². The van der Waals surface area contributed by atoms with Gasteiger partial charge in [-0.2, -0.15) is 0 Å². The van der Waals surface area contributed by atoms with Gasteiger partial charge in [-0.15, -0.1) is 11.3 Å². The van der Waals surface area contributed by atoms with Crippen molar-refractivity contribution < 1.29 is 23.8 Å². The van der Waals surface area contributed by atoms with E-state index in [0.717, 1.165) is 5.56 Å². The van der Waals surface area contributed by atoms with E-state index >= 15 is 0 Å². The Bertz CT molecular complexity index is 1050. The van der Waals surface area contributed by atoms with Crippen molar-refractivity contribution in [2.45, 2.75) is 6.10 Å². The lowest BCUT2D eigenvalue weighted by Crippen LogP contribution is -2.34. The molecule has 0 saturated carbocycles. The molecule has 29 heavy (non-hydrogen) atoms. The van der Waals surface area contributed by atoms with Gasteiger partial charge in [-0.05, 0) is 18.2 Å². The zero-order valence-corrected chi connectivity index (χ0v) is 16.6. The zero-order chi connectivity index (χ0) is 20.4. The van der Waals surface area contributed by atoms with E-state index in [1.165, 1.54) is 11.3 Å². The van der Waals surface area contributed by atoms with Crippen LogP contribution in [0.1, 0.15) is 0 Å². The number of allylic oxidation sites excluding steroid dienone is 2. The van der Waals surface area contributed by atoms with Crippen LogP contribution in [0, 0.1) is 5.92 Å². The van der Waals surface area contributed by atoms with Crippen LogP contribution >= 0.6 is 11.3 Å². The highest BCUT2D eigenvalue weighted by Crippen LogP contribution is 2.35. The first-order chi connectivity index (χ1) is 14.1. The summed E-state index contributed by atoms with van der Waals surface area (Å²) >= 11 is 1.26. The van der Waals surface area contributed by atoms with Gasteiger partial charge in [0, 0.05) is 22.9 Å². The molecule has 1 aromatic carbocycles. The summed E-state index contributed by atoms with van der Waals surface area (Å²) in [6.07, 6.45) is 8.63. The lowest BCUT2D eigenvalue weighted by molar-refractivity contribution is -0.145. The maximum atomic E-state index is 12.6. The summed E-state index contributed by atoms with van der Waals surface area (Å²) in [7, 11) is 3.15. The second-order valence-corrected chi connectivity index (χ2v) is 7.21. The van der Waals surface area contributed by atoms with Crippen molar-refractivity contribution in [2.24, 2.45) is 5.92 Å². The minimum atomic E-state index is -0.641. The van der Waals surface area contributed by atoms with Crippen LogP contribution in [0.2, 0.25) is 0 Å². The smallest absolute Gasteiger partial charge is 0.344 e. The molecule has 1 aromatic heterocycles. The van der Waals surface area contributed by atoms with E-state index in [9.17, 15) is 9.59 Å². The van der Waals surface area contributed by atoms with E-state index in [4.69, 9.17) is 14.2 Å². The molecule has 8 heteroatoms. The fourth-order valence-electron chi connectivity index (χ4n) is 3.12. The Labute approximate surface area is 171 Å². The van der Waals surface area contributed by atoms with Crippen LogP contribution in [0.3, 0.4) is 0 Å². The first kappa shape index (κ1) is 18.9. The highest BCUT2D eigenvalue weighted by atomic mass is 32.1. The van der Waals surface area contributed by atoms with E-state index in [0.29, 0.717) is 22.3 Å². The quantitative estimate of drug-likeness (QED) is 0.601. The number of nitrogens with one attached hydrogen (secondary N) is 1. The number of esters is 1. The average Bonchev–Trinajstić information content (AvgIpc) is 3.20. The number of fused-ring (bicyclic) bond motifs is 1. The van der Waals surface area contributed by atoms with Crippen molar-refractivity contribution in [3.8, 4) is 22.8 Å². The van der Waals surface area contributed by atoms with Gasteiger partial charge in [-0.25, -0.2) is 9.78 Å². The Morgan fingerprint density at radius 2 is 2.03 bits per heavy atom. The van der Waals surface area contributed by atoms with Crippen LogP contribution in [0.5, 0.6) is 11.5 Å². The summed E-state index contributed by atoms with van der Waals surface area (Å²) in [5, 5.41) is 4.86. The molecule has 0 saturated heterocycles. The lowest BCUT2D eigenvalue weighted by Gasteiger charge is -2.26. The summed E-state index contributed by atoms with van der Waals surface area (Å²) in [4.78, 5) is 29.3. The van der Waals surface area contributed by atoms with Crippen LogP contribution < -0.4 is 14.8 Å². The number of rotatable bonds is 5. The number of carbonyl (C=O) groups excluding carboxylic acids is 2. The molecule has 1 aliphatic carbocycles. The van der Waals surface area contributed by atoms with Gasteiger partial charge in [0.2, 0.25) is 0 Å². The second kappa shape index (κ2) is 7.92. The predicted molar refractivity (Wildman–Crippen MR) is 109 cm³/mol. The molecule has 7 nitrogen and oxygen atoms in total. The molecule has 0 bridgehead atoms. The minimum absolute atomic E-state index is 0.0232. The molecule has 0 fully saturated rings. The number of benzene rings is 1. The van der Waals surface area contributed by atoms with E-state index in [1.54, 1.807) is 43.9 Å². The summed E-state index contributed by atoms with van der Waals surface area (Å²) in [6, 6.07) is 5.40. The van der Waals surface area contributed by atoms with Gasteiger partial charge in [0.05, 0.1) is 19.9 Å². The van der Waals surface area contributed by atoms with Crippen LogP contribution in [0.25, 0.3) is 11.3 Å². The fourth-order valence-corrected chi connectivity index (χ4v) is 3.82. The number of methoxy groups -OCH3 is 2. The lowest BCUT2D eigenvalue weighted by atomic mass is 9.92. The van der Waals surface area contributed by atoms with Crippen molar-refractivity contribution in [2.75, 3.05) is 19.5 Å². The largest absolute Gasteiger partial charge is 0.497 e. The molecule has 2 atom stereocenters. The van der Waals surface area contributed by atoms with Gasteiger partial charge in [-0.3, -0.25) is 10.1 Å². The Kier molecular flexibility index (Phi) is 5.18. The summed E-state index contributed by atoms with van der Waals surface area (Å²) in [6.45, 7) is 0. The Morgan fingerprint density at radius 3 is 2.83 bits per heavy atom. The van der Waals surface area contributed by atoms with Crippen LogP contribution in [0.15, 0.2) is 59.5 Å². The highest BCUT2D eigenvalue weighted by Gasteiger charge is 2.33. The first-order valence-electron chi connectivity index (χ1n) is 8.86. The van der Waals surface area contributed by atoms with Gasteiger partial charge < -0.3 is 14.2 Å².